The van der Waals surface area contributed by atoms with Crippen LogP contribution in [-0.4, -0.2) is 55.1 Å². The van der Waals surface area contributed by atoms with Crippen molar-refractivity contribution < 1.29 is 26.7 Å². The number of carbonyl (C=O) groups excluding carboxylic acids is 1. The lowest BCUT2D eigenvalue weighted by Gasteiger charge is -2.15. The number of amides is 1. The number of nitrogens with zero attached hydrogens (tertiary/aromatic N) is 3. The molecule has 166 valence electrons. The molecule has 0 spiro atoms. The molecule has 0 aliphatic heterocycles. The maximum Gasteiger partial charge on any atom is 0.321 e. The van der Waals surface area contributed by atoms with Gasteiger partial charge in [-0.3, -0.25) is 9.36 Å². The Bertz CT molecular complexity index is 1210. The number of methoxy groups -OCH3 is 1. The summed E-state index contributed by atoms with van der Waals surface area (Å²) in [5.74, 6) is -0.490. The number of sulfonamides is 1. The van der Waals surface area contributed by atoms with Crippen LogP contribution in [0.3, 0.4) is 0 Å². The van der Waals surface area contributed by atoms with Crippen molar-refractivity contribution in [1.29, 1.82) is 0 Å². The molecule has 0 bridgehead atoms. The summed E-state index contributed by atoms with van der Waals surface area (Å²) in [4.78, 5) is 16.6. The van der Waals surface area contributed by atoms with Crippen LogP contribution in [0.2, 0.25) is 0 Å². The van der Waals surface area contributed by atoms with Crippen molar-refractivity contribution in [2.75, 3.05) is 32.3 Å². The molecule has 3 aromatic rings. The Hall–Kier alpha value is -2.70. The van der Waals surface area contributed by atoms with Gasteiger partial charge in [0, 0.05) is 14.1 Å². The van der Waals surface area contributed by atoms with Crippen molar-refractivity contribution in [3.63, 3.8) is 0 Å². The number of thioether (sulfide) groups is 1. The van der Waals surface area contributed by atoms with Crippen molar-refractivity contribution in [2.24, 2.45) is 0 Å². The molecule has 0 aliphatic carbocycles. The smallest absolute Gasteiger partial charge is 0.321 e. The number of halogens is 2. The third kappa shape index (κ3) is 4.81. The molecule has 0 atom stereocenters. The highest BCUT2D eigenvalue weighted by molar-refractivity contribution is 7.99. The summed E-state index contributed by atoms with van der Waals surface area (Å²) >= 11 is 0.849. The van der Waals surface area contributed by atoms with Crippen LogP contribution in [0.1, 0.15) is 6.55 Å². The third-order valence-electron chi connectivity index (χ3n) is 4.31. The minimum Gasteiger partial charge on any atom is -0.495 e. The van der Waals surface area contributed by atoms with E-state index in [9.17, 15) is 22.0 Å². The monoisotopic (exact) mass is 470 g/mol. The Balaban J connectivity index is 1.80. The third-order valence-corrected chi connectivity index (χ3v) is 7.08. The lowest BCUT2D eigenvalue weighted by molar-refractivity contribution is -0.113. The van der Waals surface area contributed by atoms with Crippen molar-refractivity contribution in [1.82, 2.24) is 13.9 Å². The van der Waals surface area contributed by atoms with Gasteiger partial charge < -0.3 is 10.1 Å². The molecule has 0 saturated heterocycles. The fourth-order valence-corrected chi connectivity index (χ4v) is 4.53. The SMILES string of the molecule is COc1ccc(S(=O)(=O)N(C)C)cc1NC(=O)CSc1nc2ccccc2n1C(F)F. The van der Waals surface area contributed by atoms with Gasteiger partial charge in [0.1, 0.15) is 5.75 Å². The molecule has 0 unspecified atom stereocenters. The van der Waals surface area contributed by atoms with E-state index in [4.69, 9.17) is 4.74 Å². The highest BCUT2D eigenvalue weighted by Gasteiger charge is 2.21. The van der Waals surface area contributed by atoms with Crippen LogP contribution in [0.5, 0.6) is 5.75 Å². The normalized spacial score (nSPS) is 12.0. The van der Waals surface area contributed by atoms with Gasteiger partial charge in [-0.25, -0.2) is 17.7 Å². The fraction of sp³-hybridized carbons (Fsp3) is 0.263. The van der Waals surface area contributed by atoms with E-state index in [1.54, 1.807) is 18.2 Å². The first-order valence-electron chi connectivity index (χ1n) is 8.93. The summed E-state index contributed by atoms with van der Waals surface area (Å²) in [6, 6.07) is 10.5. The topological polar surface area (TPSA) is 93.5 Å². The first kappa shape index (κ1) is 23.0. The Morgan fingerprint density at radius 1 is 1.26 bits per heavy atom. The Kier molecular flexibility index (Phi) is 6.82. The van der Waals surface area contributed by atoms with Crippen LogP contribution in [0.15, 0.2) is 52.5 Å². The average Bonchev–Trinajstić information content (AvgIpc) is 3.10. The van der Waals surface area contributed by atoms with Crippen LogP contribution in [0, 0.1) is 0 Å². The minimum atomic E-state index is -3.72. The van der Waals surface area contributed by atoms with Gasteiger partial charge in [0.05, 0.1) is 34.5 Å². The number of hydrogen-bond donors (Lipinski definition) is 1. The van der Waals surface area contributed by atoms with Crippen LogP contribution in [0.4, 0.5) is 14.5 Å². The zero-order chi connectivity index (χ0) is 22.8. The van der Waals surface area contributed by atoms with Gasteiger partial charge in [-0.2, -0.15) is 8.78 Å². The lowest BCUT2D eigenvalue weighted by Crippen LogP contribution is -2.22. The summed E-state index contributed by atoms with van der Waals surface area (Å²) in [5.41, 5.74) is 0.816. The van der Waals surface area contributed by atoms with Crippen molar-refractivity contribution in [2.45, 2.75) is 16.6 Å². The van der Waals surface area contributed by atoms with E-state index in [1.807, 2.05) is 0 Å². The zero-order valence-corrected chi connectivity index (χ0v) is 18.5. The highest BCUT2D eigenvalue weighted by atomic mass is 32.2. The van der Waals surface area contributed by atoms with Gasteiger partial charge in [0.2, 0.25) is 15.9 Å². The minimum absolute atomic E-state index is 0.00208. The van der Waals surface area contributed by atoms with E-state index in [-0.39, 0.29) is 32.8 Å². The van der Waals surface area contributed by atoms with Crippen LogP contribution < -0.4 is 10.1 Å². The molecule has 12 heteroatoms. The van der Waals surface area contributed by atoms with Crippen LogP contribution in [-0.2, 0) is 14.8 Å². The number of para-hydroxylation sites is 2. The fourth-order valence-electron chi connectivity index (χ4n) is 2.79. The lowest BCUT2D eigenvalue weighted by atomic mass is 10.3. The molecule has 1 aromatic heterocycles. The van der Waals surface area contributed by atoms with Gasteiger partial charge in [-0.15, -0.1) is 0 Å². The number of imidazole rings is 1. The number of carbonyl (C=O) groups is 1. The number of aromatic nitrogens is 2. The molecule has 0 radical (unpaired) electrons. The van der Waals surface area contributed by atoms with E-state index in [0.717, 1.165) is 20.6 Å². The van der Waals surface area contributed by atoms with Crippen LogP contribution >= 0.6 is 11.8 Å². The highest BCUT2D eigenvalue weighted by Crippen LogP contribution is 2.31. The number of benzene rings is 2. The molecular weight excluding hydrogens is 450 g/mol. The zero-order valence-electron chi connectivity index (χ0n) is 16.9. The molecule has 1 N–H and O–H groups in total. The van der Waals surface area contributed by atoms with E-state index in [0.29, 0.717) is 5.52 Å². The number of rotatable bonds is 8. The number of hydrogen-bond acceptors (Lipinski definition) is 6. The Labute approximate surface area is 182 Å². The van der Waals surface area contributed by atoms with Gasteiger partial charge in [-0.1, -0.05) is 23.9 Å². The summed E-state index contributed by atoms with van der Waals surface area (Å²) in [5, 5.41) is 2.58. The van der Waals surface area contributed by atoms with Gasteiger partial charge in [0.25, 0.3) is 0 Å². The number of anilines is 1. The molecule has 8 nitrogen and oxygen atoms in total. The van der Waals surface area contributed by atoms with Gasteiger partial charge in [0.15, 0.2) is 5.16 Å². The summed E-state index contributed by atoms with van der Waals surface area (Å²) < 4.78 is 58.7. The number of ether oxygens (including phenoxy) is 1. The second-order valence-electron chi connectivity index (χ2n) is 6.52. The van der Waals surface area contributed by atoms with Gasteiger partial charge >= 0.3 is 6.55 Å². The summed E-state index contributed by atoms with van der Waals surface area (Å²) in [7, 11) is 0.444. The molecule has 1 amide bonds. The van der Waals surface area contributed by atoms with E-state index in [1.165, 1.54) is 45.5 Å². The number of fused-ring (bicyclic) bond motifs is 1. The maximum absolute atomic E-state index is 13.5. The molecule has 0 aliphatic rings. The van der Waals surface area contributed by atoms with Crippen LogP contribution in [0.25, 0.3) is 11.0 Å². The van der Waals surface area contributed by atoms with Crippen molar-refractivity contribution in [3.8, 4) is 5.75 Å². The molecule has 2 aromatic carbocycles. The standard InChI is InChI=1S/C19H20F2N4O4S2/c1-24(2)31(27,28)12-8-9-16(29-3)14(10-12)22-17(26)11-30-19-23-13-6-4-5-7-15(13)25(19)18(20)21/h4-10,18H,11H2,1-3H3,(H,22,26). The predicted octanol–water partition coefficient (Wildman–Crippen LogP) is 3.42. The summed E-state index contributed by atoms with van der Waals surface area (Å²) in [6.07, 6.45) is 0. The molecule has 0 fully saturated rings. The molecule has 0 saturated carbocycles. The van der Waals surface area contributed by atoms with E-state index >= 15 is 0 Å². The van der Waals surface area contributed by atoms with Gasteiger partial charge in [-0.05, 0) is 30.3 Å². The average molecular weight is 471 g/mol. The number of nitrogens with one attached hydrogen (secondary N) is 1. The summed E-state index contributed by atoms with van der Waals surface area (Å²) in [6.45, 7) is -2.81. The maximum atomic E-state index is 13.5. The van der Waals surface area contributed by atoms with Crippen molar-refractivity contribution >= 4 is 44.4 Å². The second-order valence-corrected chi connectivity index (χ2v) is 9.61. The molecular formula is C19H20F2N4O4S2. The second kappa shape index (κ2) is 9.20. The largest absolute Gasteiger partial charge is 0.495 e. The quantitative estimate of drug-likeness (QED) is 0.507. The Morgan fingerprint density at radius 2 is 1.97 bits per heavy atom. The van der Waals surface area contributed by atoms with E-state index < -0.39 is 22.5 Å². The predicted molar refractivity (Wildman–Crippen MR) is 114 cm³/mol. The van der Waals surface area contributed by atoms with E-state index in [2.05, 4.69) is 10.3 Å². The Morgan fingerprint density at radius 3 is 2.61 bits per heavy atom. The molecule has 1 heterocycles. The first-order chi connectivity index (χ1) is 14.6. The van der Waals surface area contributed by atoms with Crippen molar-refractivity contribution in [3.05, 3.63) is 42.5 Å². The molecule has 31 heavy (non-hydrogen) atoms. The first-order valence-corrected chi connectivity index (χ1v) is 11.4. The number of alkyl halides is 2. The molecule has 3 rings (SSSR count).